The summed E-state index contributed by atoms with van der Waals surface area (Å²) in [6.45, 7) is 0.330. The molecule has 0 aliphatic heterocycles. The predicted molar refractivity (Wildman–Crippen MR) is 63.7 cm³/mol. The first kappa shape index (κ1) is 11.7. The van der Waals surface area contributed by atoms with E-state index in [0.717, 1.165) is 11.0 Å². The van der Waals surface area contributed by atoms with Crippen molar-refractivity contribution in [1.82, 2.24) is 15.2 Å². The molecular formula is C11H14N4O2. The van der Waals surface area contributed by atoms with E-state index in [-0.39, 0.29) is 12.6 Å². The molecule has 1 atom stereocenters. The summed E-state index contributed by atoms with van der Waals surface area (Å²) < 4.78 is 4.96. The molecule has 2 rings (SSSR count). The van der Waals surface area contributed by atoms with E-state index in [9.17, 15) is 0 Å². The molecule has 1 aromatic carbocycles. The predicted octanol–water partition coefficient (Wildman–Crippen LogP) is 0.444. The van der Waals surface area contributed by atoms with Gasteiger partial charge in [-0.2, -0.15) is 0 Å². The number of benzene rings is 1. The number of nitrogens with one attached hydrogen (secondary N) is 1. The Morgan fingerprint density at radius 3 is 2.76 bits per heavy atom. The molecule has 0 aliphatic rings. The lowest BCUT2D eigenvalue weighted by Gasteiger charge is -2.14. The lowest BCUT2D eigenvalue weighted by atomic mass is 10.3. The van der Waals surface area contributed by atoms with Gasteiger partial charge in [0, 0.05) is 7.11 Å². The number of hydrogen-bond acceptors (Lipinski definition) is 6. The topological polar surface area (TPSA) is 80.2 Å². The third-order valence-electron chi connectivity index (χ3n) is 2.28. The fraction of sp³-hybridized carbons (Fsp3) is 0.364. The normalized spacial score (nSPS) is 12.6. The molecule has 2 N–H and O–H groups in total. The van der Waals surface area contributed by atoms with Crippen LogP contribution in [-0.4, -0.2) is 46.7 Å². The van der Waals surface area contributed by atoms with Crippen LogP contribution in [0.15, 0.2) is 24.3 Å². The lowest BCUT2D eigenvalue weighted by molar-refractivity contribution is 0.153. The van der Waals surface area contributed by atoms with Crippen LogP contribution < -0.4 is 5.32 Å². The summed E-state index contributed by atoms with van der Waals surface area (Å²) in [6.07, 6.45) is 0. The van der Waals surface area contributed by atoms with E-state index >= 15 is 0 Å². The number of hydrogen-bond donors (Lipinski definition) is 2. The number of anilines is 1. The van der Waals surface area contributed by atoms with Crippen molar-refractivity contribution in [3.8, 4) is 0 Å². The standard InChI is InChI=1S/C11H14N4O2/c1-17-7-8(6-16)12-11-13-9-4-2-3-5-10(9)14-15-11/h2-5,8,16H,6-7H2,1H3,(H,12,13,15). The molecule has 6 heteroatoms. The Morgan fingerprint density at radius 1 is 1.29 bits per heavy atom. The van der Waals surface area contributed by atoms with Crippen molar-refractivity contribution in [2.45, 2.75) is 6.04 Å². The van der Waals surface area contributed by atoms with Gasteiger partial charge in [-0.25, -0.2) is 4.98 Å². The molecule has 2 aromatic rings. The zero-order chi connectivity index (χ0) is 12.1. The molecule has 1 heterocycles. The van der Waals surface area contributed by atoms with E-state index in [1.165, 1.54) is 0 Å². The minimum Gasteiger partial charge on any atom is -0.394 e. The van der Waals surface area contributed by atoms with Crippen molar-refractivity contribution >= 4 is 17.0 Å². The van der Waals surface area contributed by atoms with Gasteiger partial charge in [-0.3, -0.25) is 0 Å². The minimum absolute atomic E-state index is 0.0516. The third-order valence-corrected chi connectivity index (χ3v) is 2.28. The molecule has 6 nitrogen and oxygen atoms in total. The molecular weight excluding hydrogens is 220 g/mol. The number of aliphatic hydroxyl groups is 1. The SMILES string of the molecule is COCC(CO)Nc1nnc2ccccc2n1. The maximum Gasteiger partial charge on any atom is 0.243 e. The summed E-state index contributed by atoms with van der Waals surface area (Å²) >= 11 is 0. The van der Waals surface area contributed by atoms with Crippen LogP contribution in [0.25, 0.3) is 11.0 Å². The van der Waals surface area contributed by atoms with E-state index < -0.39 is 0 Å². The van der Waals surface area contributed by atoms with Crippen LogP contribution in [0.1, 0.15) is 0 Å². The van der Waals surface area contributed by atoms with Crippen LogP contribution in [0.3, 0.4) is 0 Å². The zero-order valence-electron chi connectivity index (χ0n) is 9.50. The molecule has 0 spiro atoms. The van der Waals surface area contributed by atoms with Crippen LogP contribution in [0.2, 0.25) is 0 Å². The van der Waals surface area contributed by atoms with Gasteiger partial charge in [-0.05, 0) is 12.1 Å². The Morgan fingerprint density at radius 2 is 2.06 bits per heavy atom. The van der Waals surface area contributed by atoms with Crippen LogP contribution in [-0.2, 0) is 4.74 Å². The van der Waals surface area contributed by atoms with Gasteiger partial charge in [0.1, 0.15) is 5.52 Å². The fourth-order valence-corrected chi connectivity index (χ4v) is 1.47. The number of rotatable bonds is 5. The summed E-state index contributed by atoms with van der Waals surface area (Å²) in [6, 6.07) is 7.24. The Balaban J connectivity index is 2.18. The maximum atomic E-state index is 9.11. The summed E-state index contributed by atoms with van der Waals surface area (Å²) in [5, 5.41) is 20.0. The average Bonchev–Trinajstić information content (AvgIpc) is 2.38. The van der Waals surface area contributed by atoms with Gasteiger partial charge in [0.05, 0.1) is 24.8 Å². The molecule has 1 aromatic heterocycles. The highest BCUT2D eigenvalue weighted by molar-refractivity contribution is 5.74. The molecule has 0 amide bonds. The second-order valence-electron chi connectivity index (χ2n) is 3.60. The third kappa shape index (κ3) is 2.86. The first-order chi connectivity index (χ1) is 8.33. The summed E-state index contributed by atoms with van der Waals surface area (Å²) in [5.74, 6) is 0.389. The number of nitrogens with zero attached hydrogens (tertiary/aromatic N) is 3. The number of para-hydroxylation sites is 1. The number of aromatic nitrogens is 3. The Labute approximate surface area is 98.7 Å². The Hall–Kier alpha value is -1.79. The Kier molecular flexibility index (Phi) is 3.79. The van der Waals surface area contributed by atoms with E-state index in [2.05, 4.69) is 20.5 Å². The van der Waals surface area contributed by atoms with E-state index in [4.69, 9.17) is 9.84 Å². The van der Waals surface area contributed by atoms with Crippen molar-refractivity contribution in [3.63, 3.8) is 0 Å². The smallest absolute Gasteiger partial charge is 0.243 e. The van der Waals surface area contributed by atoms with Crippen molar-refractivity contribution in [2.24, 2.45) is 0 Å². The van der Waals surface area contributed by atoms with Gasteiger partial charge in [-0.1, -0.05) is 12.1 Å². The van der Waals surface area contributed by atoms with Gasteiger partial charge in [0.15, 0.2) is 0 Å². The highest BCUT2D eigenvalue weighted by Crippen LogP contribution is 2.09. The van der Waals surface area contributed by atoms with Crippen LogP contribution in [0.4, 0.5) is 5.95 Å². The highest BCUT2D eigenvalue weighted by atomic mass is 16.5. The largest absolute Gasteiger partial charge is 0.394 e. The Bertz CT molecular complexity index is 492. The van der Waals surface area contributed by atoms with Crippen molar-refractivity contribution in [2.75, 3.05) is 25.6 Å². The van der Waals surface area contributed by atoms with Crippen LogP contribution >= 0.6 is 0 Å². The maximum absolute atomic E-state index is 9.11. The molecule has 1 unspecified atom stereocenters. The minimum atomic E-state index is -0.233. The number of methoxy groups -OCH3 is 1. The van der Waals surface area contributed by atoms with Gasteiger partial charge in [-0.15, -0.1) is 10.2 Å². The van der Waals surface area contributed by atoms with Gasteiger partial charge < -0.3 is 15.2 Å². The molecule has 0 bridgehead atoms. The van der Waals surface area contributed by atoms with Crippen molar-refractivity contribution in [3.05, 3.63) is 24.3 Å². The summed E-state index contributed by atoms with van der Waals surface area (Å²) in [7, 11) is 1.57. The number of ether oxygens (including phenoxy) is 1. The molecule has 90 valence electrons. The number of aliphatic hydroxyl groups excluding tert-OH is 1. The summed E-state index contributed by atoms with van der Waals surface area (Å²) in [5.41, 5.74) is 1.50. The average molecular weight is 234 g/mol. The monoisotopic (exact) mass is 234 g/mol. The molecule has 0 fully saturated rings. The molecule has 0 saturated carbocycles. The first-order valence-corrected chi connectivity index (χ1v) is 5.29. The van der Waals surface area contributed by atoms with Crippen LogP contribution in [0, 0.1) is 0 Å². The van der Waals surface area contributed by atoms with Crippen molar-refractivity contribution < 1.29 is 9.84 Å². The van der Waals surface area contributed by atoms with E-state index in [0.29, 0.717) is 12.6 Å². The molecule has 0 saturated heterocycles. The number of fused-ring (bicyclic) bond motifs is 1. The van der Waals surface area contributed by atoms with Gasteiger partial charge in [0.2, 0.25) is 5.95 Å². The van der Waals surface area contributed by atoms with E-state index in [1.54, 1.807) is 7.11 Å². The van der Waals surface area contributed by atoms with Gasteiger partial charge >= 0.3 is 0 Å². The second kappa shape index (κ2) is 5.51. The quantitative estimate of drug-likeness (QED) is 0.781. The highest BCUT2D eigenvalue weighted by Gasteiger charge is 2.09. The second-order valence-corrected chi connectivity index (χ2v) is 3.60. The molecule has 0 radical (unpaired) electrons. The summed E-state index contributed by atoms with van der Waals surface area (Å²) in [4.78, 5) is 4.29. The van der Waals surface area contributed by atoms with Crippen molar-refractivity contribution in [1.29, 1.82) is 0 Å². The lowest BCUT2D eigenvalue weighted by Crippen LogP contribution is -2.29. The van der Waals surface area contributed by atoms with E-state index in [1.807, 2.05) is 24.3 Å². The first-order valence-electron chi connectivity index (χ1n) is 5.29. The molecule has 17 heavy (non-hydrogen) atoms. The zero-order valence-corrected chi connectivity index (χ0v) is 9.50. The molecule has 0 aliphatic carbocycles. The van der Waals surface area contributed by atoms with Crippen LogP contribution in [0.5, 0.6) is 0 Å². The fourth-order valence-electron chi connectivity index (χ4n) is 1.47. The van der Waals surface area contributed by atoms with Gasteiger partial charge in [0.25, 0.3) is 0 Å².